The Morgan fingerprint density at radius 3 is 2.79 bits per heavy atom. The summed E-state index contributed by atoms with van der Waals surface area (Å²) in [5.74, 6) is 1.15. The number of ether oxygens (including phenoxy) is 1. The Labute approximate surface area is 146 Å². The van der Waals surface area contributed by atoms with Crippen LogP contribution in [0.3, 0.4) is 0 Å². The monoisotopic (exact) mass is 338 g/mol. The Hall–Kier alpha value is -1.30. The molecule has 24 heavy (non-hydrogen) atoms. The molecule has 6 nitrogen and oxygen atoms in total. The van der Waals surface area contributed by atoms with Crippen molar-refractivity contribution in [3.63, 3.8) is 0 Å². The number of hydrogen-bond acceptors (Lipinski definition) is 3. The minimum absolute atomic E-state index is 0.197. The first-order valence-corrected chi connectivity index (χ1v) is 9.39. The van der Waals surface area contributed by atoms with E-state index in [9.17, 15) is 4.79 Å². The third-order valence-corrected chi connectivity index (χ3v) is 5.46. The lowest BCUT2D eigenvalue weighted by Crippen LogP contribution is -2.48. The van der Waals surface area contributed by atoms with E-state index >= 15 is 0 Å². The standard InChI is InChI=1S/C18H34N4O2/c1-3-20-17(21-14-18(7-5-8-18)9-11-24-2)22-10-4-6-15(13-22)12-16(19)23/h15H,3-14H2,1-2H3,(H2,19,23)(H,20,21). The van der Waals surface area contributed by atoms with Crippen LogP contribution in [0.1, 0.15) is 51.9 Å². The van der Waals surface area contributed by atoms with Gasteiger partial charge >= 0.3 is 0 Å². The smallest absolute Gasteiger partial charge is 0.217 e. The number of rotatable bonds is 8. The molecule has 0 spiro atoms. The van der Waals surface area contributed by atoms with E-state index in [1.54, 1.807) is 7.11 Å². The number of likely N-dealkylation sites (tertiary alicyclic amines) is 1. The van der Waals surface area contributed by atoms with Crippen LogP contribution >= 0.6 is 0 Å². The van der Waals surface area contributed by atoms with Crippen LogP contribution in [0.2, 0.25) is 0 Å². The number of carbonyl (C=O) groups excluding carboxylic acids is 1. The molecule has 1 amide bonds. The largest absolute Gasteiger partial charge is 0.385 e. The second-order valence-corrected chi connectivity index (χ2v) is 7.39. The summed E-state index contributed by atoms with van der Waals surface area (Å²) in [6, 6.07) is 0. The number of amides is 1. The van der Waals surface area contributed by atoms with E-state index in [1.165, 1.54) is 19.3 Å². The molecule has 3 N–H and O–H groups in total. The maximum absolute atomic E-state index is 11.2. The first-order chi connectivity index (χ1) is 11.6. The van der Waals surface area contributed by atoms with Gasteiger partial charge in [-0.3, -0.25) is 9.79 Å². The van der Waals surface area contributed by atoms with Crippen LogP contribution in [0.15, 0.2) is 4.99 Å². The molecule has 1 atom stereocenters. The van der Waals surface area contributed by atoms with E-state index in [2.05, 4.69) is 17.1 Å². The van der Waals surface area contributed by atoms with Crippen molar-refractivity contribution in [2.45, 2.75) is 51.9 Å². The van der Waals surface area contributed by atoms with E-state index in [1.807, 2.05) is 0 Å². The van der Waals surface area contributed by atoms with Gasteiger partial charge in [0.05, 0.1) is 0 Å². The van der Waals surface area contributed by atoms with Gasteiger partial charge in [0, 0.05) is 46.3 Å². The summed E-state index contributed by atoms with van der Waals surface area (Å²) in [5, 5.41) is 3.43. The van der Waals surface area contributed by atoms with Crippen LogP contribution in [-0.2, 0) is 9.53 Å². The van der Waals surface area contributed by atoms with Crippen LogP contribution in [0.25, 0.3) is 0 Å². The van der Waals surface area contributed by atoms with Gasteiger partial charge in [-0.1, -0.05) is 6.42 Å². The lowest BCUT2D eigenvalue weighted by atomic mass is 9.67. The van der Waals surface area contributed by atoms with Gasteiger partial charge in [-0.15, -0.1) is 0 Å². The van der Waals surface area contributed by atoms with Crippen LogP contribution in [0, 0.1) is 11.3 Å². The molecule has 2 aliphatic rings. The third-order valence-electron chi connectivity index (χ3n) is 5.46. The van der Waals surface area contributed by atoms with E-state index in [0.29, 0.717) is 17.8 Å². The Balaban J connectivity index is 1.97. The second-order valence-electron chi connectivity index (χ2n) is 7.39. The maximum atomic E-state index is 11.2. The van der Waals surface area contributed by atoms with Gasteiger partial charge in [0.15, 0.2) is 5.96 Å². The number of carbonyl (C=O) groups is 1. The number of aliphatic imine (C=N–C) groups is 1. The summed E-state index contributed by atoms with van der Waals surface area (Å²) in [4.78, 5) is 18.5. The van der Waals surface area contributed by atoms with E-state index in [4.69, 9.17) is 15.5 Å². The molecule has 0 aromatic rings. The number of primary amides is 1. The Morgan fingerprint density at radius 2 is 2.21 bits per heavy atom. The number of nitrogens with two attached hydrogens (primary N) is 1. The average molecular weight is 338 g/mol. The maximum Gasteiger partial charge on any atom is 0.217 e. The first-order valence-electron chi connectivity index (χ1n) is 9.39. The molecule has 2 fully saturated rings. The van der Waals surface area contributed by atoms with Crippen LogP contribution in [0.5, 0.6) is 0 Å². The Morgan fingerprint density at radius 1 is 1.42 bits per heavy atom. The molecule has 0 aromatic heterocycles. The number of guanidine groups is 1. The van der Waals surface area contributed by atoms with Crippen molar-refractivity contribution < 1.29 is 9.53 Å². The molecule has 2 rings (SSSR count). The normalized spacial score (nSPS) is 23.7. The molecule has 1 unspecified atom stereocenters. The fourth-order valence-corrected chi connectivity index (χ4v) is 3.86. The topological polar surface area (TPSA) is 80.0 Å². The van der Waals surface area contributed by atoms with Crippen molar-refractivity contribution in [1.29, 1.82) is 0 Å². The Kier molecular flexibility index (Phi) is 7.34. The summed E-state index contributed by atoms with van der Waals surface area (Å²) in [6.07, 6.45) is 7.56. The van der Waals surface area contributed by atoms with Crippen LogP contribution in [0.4, 0.5) is 0 Å². The van der Waals surface area contributed by atoms with Gasteiger partial charge in [0.1, 0.15) is 0 Å². The minimum Gasteiger partial charge on any atom is -0.385 e. The molecule has 0 aromatic carbocycles. The molecule has 0 radical (unpaired) electrons. The molecule has 1 saturated carbocycles. The van der Waals surface area contributed by atoms with Crippen molar-refractivity contribution in [2.75, 3.05) is 39.9 Å². The number of hydrogen-bond donors (Lipinski definition) is 2. The zero-order chi connectivity index (χ0) is 17.4. The van der Waals surface area contributed by atoms with Crippen molar-refractivity contribution in [1.82, 2.24) is 10.2 Å². The first kappa shape index (κ1) is 19.0. The minimum atomic E-state index is -0.197. The van der Waals surface area contributed by atoms with Crippen molar-refractivity contribution in [3.8, 4) is 0 Å². The zero-order valence-corrected chi connectivity index (χ0v) is 15.4. The summed E-state index contributed by atoms with van der Waals surface area (Å²) >= 11 is 0. The predicted molar refractivity (Wildman–Crippen MR) is 96.9 cm³/mol. The van der Waals surface area contributed by atoms with Crippen LogP contribution in [-0.4, -0.2) is 56.7 Å². The predicted octanol–water partition coefficient (Wildman–Crippen LogP) is 1.75. The fraction of sp³-hybridized carbons (Fsp3) is 0.889. The summed E-state index contributed by atoms with van der Waals surface area (Å²) in [6.45, 7) is 6.53. The molecule has 1 heterocycles. The zero-order valence-electron chi connectivity index (χ0n) is 15.4. The number of piperidine rings is 1. The van der Waals surface area contributed by atoms with E-state index < -0.39 is 0 Å². The molecule has 1 saturated heterocycles. The molecule has 138 valence electrons. The number of methoxy groups -OCH3 is 1. The molecular weight excluding hydrogens is 304 g/mol. The highest BCUT2D eigenvalue weighted by molar-refractivity contribution is 5.80. The third kappa shape index (κ3) is 5.36. The van der Waals surface area contributed by atoms with Gasteiger partial charge in [-0.05, 0) is 50.4 Å². The van der Waals surface area contributed by atoms with Crippen molar-refractivity contribution in [2.24, 2.45) is 22.1 Å². The lowest BCUT2D eigenvalue weighted by Gasteiger charge is -2.41. The fourth-order valence-electron chi connectivity index (χ4n) is 3.86. The van der Waals surface area contributed by atoms with Crippen molar-refractivity contribution >= 4 is 11.9 Å². The summed E-state index contributed by atoms with van der Waals surface area (Å²) in [5.41, 5.74) is 5.71. The van der Waals surface area contributed by atoms with E-state index in [0.717, 1.165) is 58.0 Å². The Bertz CT molecular complexity index is 435. The van der Waals surface area contributed by atoms with Gasteiger partial charge in [0.25, 0.3) is 0 Å². The molecule has 6 heteroatoms. The summed E-state index contributed by atoms with van der Waals surface area (Å²) < 4.78 is 5.28. The molecular formula is C18H34N4O2. The van der Waals surface area contributed by atoms with Crippen LogP contribution < -0.4 is 11.1 Å². The molecule has 0 bridgehead atoms. The quantitative estimate of drug-likeness (QED) is 0.522. The lowest BCUT2D eigenvalue weighted by molar-refractivity contribution is -0.119. The SMILES string of the molecule is CCNC(=NCC1(CCOC)CCC1)N1CCCC(CC(N)=O)C1. The second kappa shape index (κ2) is 9.25. The summed E-state index contributed by atoms with van der Waals surface area (Å²) in [7, 11) is 1.77. The van der Waals surface area contributed by atoms with E-state index in [-0.39, 0.29) is 5.91 Å². The van der Waals surface area contributed by atoms with Crippen molar-refractivity contribution in [3.05, 3.63) is 0 Å². The average Bonchev–Trinajstić information content (AvgIpc) is 2.52. The highest BCUT2D eigenvalue weighted by atomic mass is 16.5. The molecule has 1 aliphatic heterocycles. The molecule has 1 aliphatic carbocycles. The van der Waals surface area contributed by atoms with Gasteiger partial charge in [-0.25, -0.2) is 0 Å². The number of nitrogens with one attached hydrogen (secondary N) is 1. The van der Waals surface area contributed by atoms with Gasteiger partial charge in [0.2, 0.25) is 5.91 Å². The number of nitrogens with zero attached hydrogens (tertiary/aromatic N) is 2. The van der Waals surface area contributed by atoms with Gasteiger partial charge < -0.3 is 20.7 Å². The highest BCUT2D eigenvalue weighted by Crippen LogP contribution is 2.44. The van der Waals surface area contributed by atoms with Gasteiger partial charge in [-0.2, -0.15) is 0 Å². The highest BCUT2D eigenvalue weighted by Gasteiger charge is 2.36.